The second-order valence-electron chi connectivity index (χ2n) is 6.52. The van der Waals surface area contributed by atoms with E-state index in [1.807, 2.05) is 11.0 Å². The lowest BCUT2D eigenvalue weighted by atomic mass is 10.1. The topological polar surface area (TPSA) is 90.0 Å². The molecule has 0 atom stereocenters. The van der Waals surface area contributed by atoms with E-state index in [9.17, 15) is 15.0 Å². The van der Waals surface area contributed by atoms with Crippen molar-refractivity contribution < 1.29 is 19.5 Å². The summed E-state index contributed by atoms with van der Waals surface area (Å²) in [5.74, 6) is -0.323. The molecule has 0 aliphatic carbocycles. The number of hydrogen-bond acceptors (Lipinski definition) is 6. The highest BCUT2D eigenvalue weighted by Gasteiger charge is 2.29. The van der Waals surface area contributed by atoms with E-state index in [1.165, 1.54) is 0 Å². The molecule has 4 rings (SSSR count). The van der Waals surface area contributed by atoms with Gasteiger partial charge >= 0.3 is 5.97 Å². The molecule has 0 saturated carbocycles. The van der Waals surface area contributed by atoms with Crippen LogP contribution in [0.5, 0.6) is 5.75 Å². The smallest absolute Gasteiger partial charge is 0.343 e. The number of aromatic nitrogens is 1. The lowest BCUT2D eigenvalue weighted by Crippen LogP contribution is -2.47. The van der Waals surface area contributed by atoms with Crippen molar-refractivity contribution in [3.63, 3.8) is 0 Å². The first-order chi connectivity index (χ1) is 13.5. The Labute approximate surface area is 166 Å². The zero-order valence-corrected chi connectivity index (χ0v) is 15.6. The molecular weight excluding hydrogens is 382 g/mol. The van der Waals surface area contributed by atoms with Crippen molar-refractivity contribution in [3.8, 4) is 17.1 Å². The van der Waals surface area contributed by atoms with E-state index in [2.05, 4.69) is 10.1 Å². The molecule has 1 saturated heterocycles. The van der Waals surface area contributed by atoms with Crippen molar-refractivity contribution in [1.82, 2.24) is 5.16 Å². The van der Waals surface area contributed by atoms with Gasteiger partial charge in [-0.15, -0.1) is 0 Å². The third-order valence-electron chi connectivity index (χ3n) is 4.77. The summed E-state index contributed by atoms with van der Waals surface area (Å²) in [6, 6.07) is 13.9. The van der Waals surface area contributed by atoms with Gasteiger partial charge in [0.2, 0.25) is 0 Å². The van der Waals surface area contributed by atoms with Gasteiger partial charge in [0.25, 0.3) is 0 Å². The standard InChI is InChI=1S/C20H18ClN3O4/c21-14-6-4-13(5-7-14)18-17(20(26)27)19(22-28-18)24-10-8-23(9-11-24)15-2-1-3-16(25)12-15/h1-7,12,25H,8-11H2,(H,26,27). The van der Waals surface area contributed by atoms with Crippen LogP contribution in [0.4, 0.5) is 11.5 Å². The van der Waals surface area contributed by atoms with Gasteiger partial charge in [-0.1, -0.05) is 22.8 Å². The Morgan fingerprint density at radius 3 is 2.36 bits per heavy atom. The van der Waals surface area contributed by atoms with Crippen LogP contribution in [-0.4, -0.2) is 47.5 Å². The van der Waals surface area contributed by atoms with Crippen molar-refractivity contribution in [1.29, 1.82) is 0 Å². The van der Waals surface area contributed by atoms with Gasteiger partial charge in [-0.25, -0.2) is 4.79 Å². The normalized spacial score (nSPS) is 14.3. The van der Waals surface area contributed by atoms with Gasteiger partial charge < -0.3 is 24.5 Å². The fourth-order valence-electron chi connectivity index (χ4n) is 3.35. The van der Waals surface area contributed by atoms with E-state index in [1.54, 1.807) is 42.5 Å². The number of phenolic OH excluding ortho intramolecular Hbond substituents is 1. The summed E-state index contributed by atoms with van der Waals surface area (Å²) in [7, 11) is 0. The number of anilines is 2. The van der Waals surface area contributed by atoms with Crippen molar-refractivity contribution in [2.24, 2.45) is 0 Å². The number of phenols is 1. The molecule has 0 spiro atoms. The number of halogens is 1. The minimum absolute atomic E-state index is 0.0492. The largest absolute Gasteiger partial charge is 0.508 e. The van der Waals surface area contributed by atoms with Crippen LogP contribution in [0.3, 0.4) is 0 Å². The number of piperazine rings is 1. The molecule has 2 heterocycles. The summed E-state index contributed by atoms with van der Waals surface area (Å²) in [5.41, 5.74) is 1.59. The number of carboxylic acids is 1. The van der Waals surface area contributed by atoms with Crippen LogP contribution in [-0.2, 0) is 0 Å². The summed E-state index contributed by atoms with van der Waals surface area (Å²) in [4.78, 5) is 16.0. The SMILES string of the molecule is O=C(O)c1c(N2CCN(c3cccc(O)c3)CC2)noc1-c1ccc(Cl)cc1. The van der Waals surface area contributed by atoms with E-state index >= 15 is 0 Å². The predicted molar refractivity (Wildman–Crippen MR) is 106 cm³/mol. The molecule has 1 aliphatic rings. The van der Waals surface area contributed by atoms with E-state index < -0.39 is 5.97 Å². The first-order valence-corrected chi connectivity index (χ1v) is 9.18. The summed E-state index contributed by atoms with van der Waals surface area (Å²) >= 11 is 5.91. The Kier molecular flexibility index (Phi) is 4.83. The highest BCUT2D eigenvalue weighted by atomic mass is 35.5. The molecule has 7 nitrogen and oxygen atoms in total. The zero-order valence-electron chi connectivity index (χ0n) is 14.9. The van der Waals surface area contributed by atoms with Gasteiger partial charge in [-0.3, -0.25) is 0 Å². The van der Waals surface area contributed by atoms with Gasteiger partial charge in [0.15, 0.2) is 17.1 Å². The van der Waals surface area contributed by atoms with Crippen LogP contribution in [0, 0.1) is 0 Å². The van der Waals surface area contributed by atoms with E-state index in [0.29, 0.717) is 42.6 Å². The number of aromatic hydroxyl groups is 1. The number of aromatic carboxylic acids is 1. The molecule has 2 aromatic carbocycles. The molecule has 144 valence electrons. The van der Waals surface area contributed by atoms with Crippen LogP contribution < -0.4 is 9.80 Å². The molecule has 1 fully saturated rings. The van der Waals surface area contributed by atoms with Gasteiger partial charge in [-0.05, 0) is 36.4 Å². The Hall–Kier alpha value is -3.19. The zero-order chi connectivity index (χ0) is 19.7. The fraction of sp³-hybridized carbons (Fsp3) is 0.200. The molecule has 0 amide bonds. The molecule has 0 bridgehead atoms. The lowest BCUT2D eigenvalue weighted by Gasteiger charge is -2.36. The second kappa shape index (κ2) is 7.44. The van der Waals surface area contributed by atoms with E-state index in [4.69, 9.17) is 16.1 Å². The molecular formula is C20H18ClN3O4. The average Bonchev–Trinajstić information content (AvgIpc) is 3.14. The highest BCUT2D eigenvalue weighted by molar-refractivity contribution is 6.30. The highest BCUT2D eigenvalue weighted by Crippen LogP contribution is 2.33. The average molecular weight is 400 g/mol. The first kappa shape index (κ1) is 18.2. The third-order valence-corrected chi connectivity index (χ3v) is 5.02. The first-order valence-electron chi connectivity index (χ1n) is 8.81. The van der Waals surface area contributed by atoms with Gasteiger partial charge in [0, 0.05) is 48.5 Å². The molecule has 2 N–H and O–H groups in total. The molecule has 1 aliphatic heterocycles. The fourth-order valence-corrected chi connectivity index (χ4v) is 3.48. The maximum Gasteiger partial charge on any atom is 0.343 e. The number of benzene rings is 2. The van der Waals surface area contributed by atoms with Crippen LogP contribution in [0.25, 0.3) is 11.3 Å². The van der Waals surface area contributed by atoms with Crippen LogP contribution >= 0.6 is 11.6 Å². The Morgan fingerprint density at radius 1 is 1.04 bits per heavy atom. The monoisotopic (exact) mass is 399 g/mol. The Morgan fingerprint density at radius 2 is 1.71 bits per heavy atom. The number of carboxylic acid groups (broad SMARTS) is 1. The summed E-state index contributed by atoms with van der Waals surface area (Å²) in [6.07, 6.45) is 0. The van der Waals surface area contributed by atoms with Crippen molar-refractivity contribution in [2.75, 3.05) is 36.0 Å². The maximum absolute atomic E-state index is 11.9. The summed E-state index contributed by atoms with van der Waals surface area (Å²) in [5, 5.41) is 24.0. The van der Waals surface area contributed by atoms with Gasteiger partial charge in [0.05, 0.1) is 0 Å². The number of rotatable bonds is 4. The lowest BCUT2D eigenvalue weighted by molar-refractivity contribution is 0.0697. The van der Waals surface area contributed by atoms with Crippen molar-refractivity contribution >= 4 is 29.1 Å². The molecule has 0 radical (unpaired) electrons. The third kappa shape index (κ3) is 3.48. The van der Waals surface area contributed by atoms with Gasteiger partial charge in [0.1, 0.15) is 5.75 Å². The minimum Gasteiger partial charge on any atom is -0.508 e. The number of nitrogens with zero attached hydrogens (tertiary/aromatic N) is 3. The van der Waals surface area contributed by atoms with Crippen molar-refractivity contribution in [3.05, 3.63) is 59.1 Å². The minimum atomic E-state index is -1.09. The van der Waals surface area contributed by atoms with Crippen LogP contribution in [0.2, 0.25) is 5.02 Å². The van der Waals surface area contributed by atoms with Crippen molar-refractivity contribution in [2.45, 2.75) is 0 Å². The predicted octanol–water partition coefficient (Wildman–Crippen LogP) is 3.73. The Balaban J connectivity index is 1.57. The maximum atomic E-state index is 11.9. The van der Waals surface area contributed by atoms with Crippen LogP contribution in [0.1, 0.15) is 10.4 Å². The summed E-state index contributed by atoms with van der Waals surface area (Å²) in [6.45, 7) is 2.52. The second-order valence-corrected chi connectivity index (χ2v) is 6.95. The molecule has 3 aromatic rings. The van der Waals surface area contributed by atoms with Gasteiger partial charge in [-0.2, -0.15) is 0 Å². The Bertz CT molecular complexity index is 995. The molecule has 0 unspecified atom stereocenters. The molecule has 8 heteroatoms. The van der Waals surface area contributed by atoms with Crippen LogP contribution in [0.15, 0.2) is 53.1 Å². The van der Waals surface area contributed by atoms with E-state index in [0.717, 1.165) is 5.69 Å². The summed E-state index contributed by atoms with van der Waals surface area (Å²) < 4.78 is 5.40. The quantitative estimate of drug-likeness (QED) is 0.690. The number of hydrogen-bond donors (Lipinski definition) is 2. The molecule has 1 aromatic heterocycles. The number of carbonyl (C=O) groups is 1. The van der Waals surface area contributed by atoms with E-state index in [-0.39, 0.29) is 17.1 Å². The molecule has 28 heavy (non-hydrogen) atoms.